The van der Waals surface area contributed by atoms with Crippen LogP contribution in [0.2, 0.25) is 5.02 Å². The highest BCUT2D eigenvalue weighted by Crippen LogP contribution is 2.28. The number of amides is 2. The van der Waals surface area contributed by atoms with E-state index in [9.17, 15) is 9.59 Å². The van der Waals surface area contributed by atoms with E-state index in [1.807, 2.05) is 38.1 Å². The third kappa shape index (κ3) is 5.62. The minimum absolute atomic E-state index is 0.0794. The van der Waals surface area contributed by atoms with Crippen LogP contribution in [0.15, 0.2) is 24.3 Å². The van der Waals surface area contributed by atoms with E-state index in [2.05, 4.69) is 10.6 Å². The summed E-state index contributed by atoms with van der Waals surface area (Å²) >= 11 is 9.20. The summed E-state index contributed by atoms with van der Waals surface area (Å²) in [7, 11) is 0. The molecule has 1 atom stereocenters. The molecule has 0 unspecified atom stereocenters. The maximum absolute atomic E-state index is 12.1. The van der Waals surface area contributed by atoms with Crippen LogP contribution in [0, 0.1) is 0 Å². The van der Waals surface area contributed by atoms with Gasteiger partial charge in [-0.3, -0.25) is 9.59 Å². The number of carbonyl (C=O) groups is 2. The molecule has 7 heteroatoms. The highest BCUT2D eigenvalue weighted by molar-refractivity contribution is 8.01. The first-order valence-electron chi connectivity index (χ1n) is 7.43. The lowest BCUT2D eigenvalue weighted by molar-refractivity contribution is -0.129. The lowest BCUT2D eigenvalue weighted by Crippen LogP contribution is -2.57. The standard InChI is InChI=1S/C16H21ClN2O2S2/c1-16(2)15(21)19-13(10-23-16)14(20)18-6-7-22-9-11-4-3-5-12(17)8-11/h3-5,8,13H,6-7,9-10H2,1-2H3,(H,18,20)(H,19,21)/t13-/m0/s1. The third-order valence-electron chi connectivity index (χ3n) is 3.48. The monoisotopic (exact) mass is 372 g/mol. The molecule has 2 N–H and O–H groups in total. The molecule has 1 saturated heterocycles. The summed E-state index contributed by atoms with van der Waals surface area (Å²) in [4.78, 5) is 23.9. The number of hydrogen-bond acceptors (Lipinski definition) is 4. The first kappa shape index (κ1) is 18.5. The van der Waals surface area contributed by atoms with Gasteiger partial charge in [0.25, 0.3) is 0 Å². The second-order valence-electron chi connectivity index (χ2n) is 5.82. The minimum Gasteiger partial charge on any atom is -0.353 e. The molecule has 0 aliphatic carbocycles. The van der Waals surface area contributed by atoms with E-state index in [0.717, 1.165) is 16.5 Å². The van der Waals surface area contributed by atoms with Crippen molar-refractivity contribution in [1.29, 1.82) is 0 Å². The Morgan fingerprint density at radius 1 is 1.52 bits per heavy atom. The Hall–Kier alpha value is -0.850. The Kier molecular flexibility index (Phi) is 6.68. The smallest absolute Gasteiger partial charge is 0.243 e. The van der Waals surface area contributed by atoms with Gasteiger partial charge in [0.2, 0.25) is 11.8 Å². The van der Waals surface area contributed by atoms with Crippen molar-refractivity contribution in [3.05, 3.63) is 34.9 Å². The molecule has 1 aliphatic rings. The van der Waals surface area contributed by atoms with Gasteiger partial charge in [0.15, 0.2) is 0 Å². The molecule has 1 aromatic rings. The van der Waals surface area contributed by atoms with Gasteiger partial charge in [0.05, 0.1) is 4.75 Å². The van der Waals surface area contributed by atoms with Crippen LogP contribution < -0.4 is 10.6 Å². The van der Waals surface area contributed by atoms with Crippen LogP contribution in [0.25, 0.3) is 0 Å². The van der Waals surface area contributed by atoms with Gasteiger partial charge in [0.1, 0.15) is 6.04 Å². The molecule has 2 amide bonds. The number of nitrogens with one attached hydrogen (secondary N) is 2. The van der Waals surface area contributed by atoms with Crippen LogP contribution in [-0.4, -0.2) is 40.7 Å². The molecule has 0 bridgehead atoms. The van der Waals surface area contributed by atoms with Crippen LogP contribution in [0.3, 0.4) is 0 Å². The lowest BCUT2D eigenvalue weighted by atomic mass is 10.1. The van der Waals surface area contributed by atoms with Gasteiger partial charge < -0.3 is 10.6 Å². The van der Waals surface area contributed by atoms with E-state index < -0.39 is 10.8 Å². The summed E-state index contributed by atoms with van der Waals surface area (Å²) in [5.74, 6) is 2.10. The normalized spacial score (nSPS) is 20.0. The Morgan fingerprint density at radius 3 is 3.00 bits per heavy atom. The summed E-state index contributed by atoms with van der Waals surface area (Å²) < 4.78 is -0.455. The molecule has 1 heterocycles. The largest absolute Gasteiger partial charge is 0.353 e. The minimum atomic E-state index is -0.455. The van der Waals surface area contributed by atoms with Gasteiger partial charge >= 0.3 is 0 Å². The van der Waals surface area contributed by atoms with E-state index in [0.29, 0.717) is 12.3 Å². The van der Waals surface area contributed by atoms with Crippen LogP contribution in [0.5, 0.6) is 0 Å². The first-order chi connectivity index (χ1) is 10.9. The van der Waals surface area contributed by atoms with Gasteiger partial charge in [-0.2, -0.15) is 11.8 Å². The van der Waals surface area contributed by atoms with Crippen molar-refractivity contribution in [1.82, 2.24) is 10.6 Å². The predicted octanol–water partition coefficient (Wildman–Crippen LogP) is 2.70. The molecule has 1 fully saturated rings. The van der Waals surface area contributed by atoms with E-state index in [4.69, 9.17) is 11.6 Å². The van der Waals surface area contributed by atoms with Gasteiger partial charge in [-0.25, -0.2) is 0 Å². The van der Waals surface area contributed by atoms with Crippen LogP contribution in [0.1, 0.15) is 19.4 Å². The zero-order valence-electron chi connectivity index (χ0n) is 13.2. The molecule has 2 rings (SSSR count). The van der Waals surface area contributed by atoms with Crippen molar-refractivity contribution in [2.75, 3.05) is 18.1 Å². The fraction of sp³-hybridized carbons (Fsp3) is 0.500. The average molecular weight is 373 g/mol. The molecule has 0 radical (unpaired) electrons. The van der Waals surface area contributed by atoms with Gasteiger partial charge in [-0.15, -0.1) is 11.8 Å². The van der Waals surface area contributed by atoms with E-state index in [-0.39, 0.29) is 11.8 Å². The maximum Gasteiger partial charge on any atom is 0.243 e. The number of carbonyl (C=O) groups excluding carboxylic acids is 2. The number of benzene rings is 1. The van der Waals surface area contributed by atoms with Crippen LogP contribution in [-0.2, 0) is 15.3 Å². The zero-order valence-corrected chi connectivity index (χ0v) is 15.6. The first-order valence-corrected chi connectivity index (χ1v) is 9.95. The van der Waals surface area contributed by atoms with Crippen molar-refractivity contribution in [2.24, 2.45) is 0 Å². The summed E-state index contributed by atoms with van der Waals surface area (Å²) in [5, 5.41) is 6.41. The fourth-order valence-electron chi connectivity index (χ4n) is 2.06. The molecule has 126 valence electrons. The number of thioether (sulfide) groups is 2. The van der Waals surface area contributed by atoms with E-state index >= 15 is 0 Å². The topological polar surface area (TPSA) is 58.2 Å². The number of halogens is 1. The highest BCUT2D eigenvalue weighted by Gasteiger charge is 2.37. The molecule has 1 aliphatic heterocycles. The van der Waals surface area contributed by atoms with Crippen molar-refractivity contribution in [2.45, 2.75) is 30.4 Å². The molecular formula is C16H21ClN2O2S2. The molecule has 23 heavy (non-hydrogen) atoms. The lowest BCUT2D eigenvalue weighted by Gasteiger charge is -2.32. The number of hydrogen-bond donors (Lipinski definition) is 2. The zero-order chi connectivity index (χ0) is 16.9. The molecular weight excluding hydrogens is 352 g/mol. The highest BCUT2D eigenvalue weighted by atomic mass is 35.5. The molecule has 1 aromatic carbocycles. The Balaban J connectivity index is 1.65. The fourth-order valence-corrected chi connectivity index (χ4v) is 4.09. The predicted molar refractivity (Wildman–Crippen MR) is 99.1 cm³/mol. The Labute approximate surface area is 150 Å². The Bertz CT molecular complexity index is 581. The summed E-state index contributed by atoms with van der Waals surface area (Å²) in [6.07, 6.45) is 0. The van der Waals surface area contributed by atoms with Gasteiger partial charge in [-0.1, -0.05) is 23.7 Å². The summed E-state index contributed by atoms with van der Waals surface area (Å²) in [6, 6.07) is 7.34. The quantitative estimate of drug-likeness (QED) is 0.754. The van der Waals surface area contributed by atoms with Crippen molar-refractivity contribution in [3.63, 3.8) is 0 Å². The summed E-state index contributed by atoms with van der Waals surface area (Å²) in [6.45, 7) is 4.33. The van der Waals surface area contributed by atoms with E-state index in [1.165, 1.54) is 17.3 Å². The van der Waals surface area contributed by atoms with Crippen LogP contribution in [0.4, 0.5) is 0 Å². The second kappa shape index (κ2) is 8.31. The Morgan fingerprint density at radius 2 is 2.30 bits per heavy atom. The molecule has 4 nitrogen and oxygen atoms in total. The van der Waals surface area contributed by atoms with Crippen molar-refractivity contribution >= 4 is 46.9 Å². The molecule has 0 aromatic heterocycles. The van der Waals surface area contributed by atoms with Gasteiger partial charge in [0, 0.05) is 28.8 Å². The number of rotatable bonds is 6. The van der Waals surface area contributed by atoms with Crippen molar-refractivity contribution < 1.29 is 9.59 Å². The molecule has 0 saturated carbocycles. The van der Waals surface area contributed by atoms with E-state index in [1.54, 1.807) is 11.8 Å². The molecule has 0 spiro atoms. The maximum atomic E-state index is 12.1. The average Bonchev–Trinajstić information content (AvgIpc) is 2.49. The van der Waals surface area contributed by atoms with Crippen LogP contribution >= 0.6 is 35.1 Å². The second-order valence-corrected chi connectivity index (χ2v) is 9.01. The van der Waals surface area contributed by atoms with Gasteiger partial charge in [-0.05, 0) is 31.5 Å². The summed E-state index contributed by atoms with van der Waals surface area (Å²) in [5.41, 5.74) is 1.17. The van der Waals surface area contributed by atoms with Crippen molar-refractivity contribution in [3.8, 4) is 0 Å². The third-order valence-corrected chi connectivity index (χ3v) is 6.16. The SMILES string of the molecule is CC1(C)SC[C@@H](C(=O)NCCSCc2cccc(Cl)c2)NC1=O.